The first-order valence-electron chi connectivity index (χ1n) is 23.6. The minimum Gasteiger partial charge on any atom is -0.332 e. The highest BCUT2D eigenvalue weighted by atomic mass is 32.2. The van der Waals surface area contributed by atoms with Crippen LogP contribution in [-0.2, 0) is 0 Å². The van der Waals surface area contributed by atoms with Gasteiger partial charge in [-0.05, 0) is 147 Å². The number of rotatable bonds is 6. The molecule has 0 aliphatic carbocycles. The van der Waals surface area contributed by atoms with E-state index in [1.165, 1.54) is 129 Å². The van der Waals surface area contributed by atoms with Crippen LogP contribution in [0.5, 0.6) is 0 Å². The largest absolute Gasteiger partial charge is 0.332 e. The smallest absolute Gasteiger partial charge is 0.0766 e. The van der Waals surface area contributed by atoms with E-state index in [9.17, 15) is 0 Å². The Kier molecular flexibility index (Phi) is 8.79. The van der Waals surface area contributed by atoms with Crippen LogP contribution in [0.15, 0.2) is 235 Å². The molecule has 2 aliphatic rings. The number of anilines is 2. The van der Waals surface area contributed by atoms with E-state index >= 15 is 0 Å². The van der Waals surface area contributed by atoms with Crippen molar-refractivity contribution in [3.8, 4) is 50.2 Å². The molecule has 13 aromatic rings. The van der Waals surface area contributed by atoms with Crippen molar-refractivity contribution < 1.29 is 0 Å². The van der Waals surface area contributed by atoms with Gasteiger partial charge < -0.3 is 9.47 Å². The van der Waals surface area contributed by atoms with Crippen LogP contribution >= 0.6 is 34.4 Å². The van der Waals surface area contributed by atoms with Gasteiger partial charge in [-0.3, -0.25) is 0 Å². The molecule has 5 heteroatoms. The topological polar surface area (TPSA) is 8.17 Å². The summed E-state index contributed by atoms with van der Waals surface area (Å²) in [5, 5.41) is 5.49. The average Bonchev–Trinajstić information content (AvgIpc) is 4.23. The molecule has 5 heterocycles. The fraction of sp³-hybridized carbons (Fsp3) is 0.0312. The predicted molar refractivity (Wildman–Crippen MR) is 297 cm³/mol. The molecule has 0 bridgehead atoms. The second-order valence-corrected chi connectivity index (χ2v) is 21.7. The van der Waals surface area contributed by atoms with Crippen molar-refractivity contribution in [2.45, 2.75) is 16.2 Å². The highest BCUT2D eigenvalue weighted by molar-refractivity contribution is 8.00. The molecular formula is C64H40N2S3. The summed E-state index contributed by atoms with van der Waals surface area (Å²) in [6.07, 6.45) is 0. The first kappa shape index (κ1) is 39.3. The first-order chi connectivity index (χ1) is 34.2. The first-order valence-corrected chi connectivity index (χ1v) is 26.1. The van der Waals surface area contributed by atoms with E-state index in [2.05, 4.69) is 240 Å². The van der Waals surface area contributed by atoms with Gasteiger partial charge in [0, 0.05) is 57.6 Å². The molecule has 0 saturated heterocycles. The molecule has 10 aromatic carbocycles. The van der Waals surface area contributed by atoms with E-state index in [1.54, 1.807) is 0 Å². The van der Waals surface area contributed by atoms with Gasteiger partial charge >= 0.3 is 0 Å². The van der Waals surface area contributed by atoms with Crippen molar-refractivity contribution in [2.24, 2.45) is 0 Å². The van der Waals surface area contributed by atoms with E-state index in [-0.39, 0.29) is 11.3 Å². The number of thiophene rings is 2. The molecule has 324 valence electrons. The molecular weight excluding hydrogens is 893 g/mol. The zero-order valence-corrected chi connectivity index (χ0v) is 39.7. The SMILES string of the molecule is c1ccc(-c2cc(-c3ccccc3)cc(N3c4ccc(-c5ccc6sc7ccc(-c8ccc9c(c8)c8sc%10ccccc%10c8n9-c8ccccc8)cc7c6c5)cc4C4Sc5ccccc5C43)c2)cc1. The maximum absolute atomic E-state index is 2.64. The van der Waals surface area contributed by atoms with Gasteiger partial charge in [-0.2, -0.15) is 0 Å². The van der Waals surface area contributed by atoms with Crippen LogP contribution in [0.1, 0.15) is 22.4 Å². The van der Waals surface area contributed by atoms with Gasteiger partial charge in [0.25, 0.3) is 0 Å². The van der Waals surface area contributed by atoms with Gasteiger partial charge in [0.15, 0.2) is 0 Å². The number of nitrogens with zero attached hydrogens (tertiary/aromatic N) is 2. The van der Waals surface area contributed by atoms with Crippen LogP contribution in [0.25, 0.3) is 102 Å². The van der Waals surface area contributed by atoms with Gasteiger partial charge in [-0.25, -0.2) is 0 Å². The Morgan fingerprint density at radius 3 is 1.62 bits per heavy atom. The Morgan fingerprint density at radius 2 is 0.913 bits per heavy atom. The summed E-state index contributed by atoms with van der Waals surface area (Å²) in [6.45, 7) is 0. The second-order valence-electron chi connectivity index (χ2n) is 18.4. The molecule has 0 radical (unpaired) electrons. The van der Waals surface area contributed by atoms with Crippen LogP contribution in [0, 0.1) is 0 Å². The highest BCUT2D eigenvalue weighted by Crippen LogP contribution is 2.65. The van der Waals surface area contributed by atoms with Crippen LogP contribution in [0.3, 0.4) is 0 Å². The third-order valence-corrected chi connectivity index (χ3v) is 18.2. The normalized spacial score (nSPS) is 15.2. The average molecular weight is 933 g/mol. The van der Waals surface area contributed by atoms with Crippen LogP contribution in [0.2, 0.25) is 0 Å². The number of hydrogen-bond acceptors (Lipinski definition) is 4. The lowest BCUT2D eigenvalue weighted by molar-refractivity contribution is 0.737. The van der Waals surface area contributed by atoms with Crippen molar-refractivity contribution in [1.29, 1.82) is 0 Å². The molecule has 0 fully saturated rings. The maximum Gasteiger partial charge on any atom is 0.0766 e. The third kappa shape index (κ3) is 6.17. The van der Waals surface area contributed by atoms with Crippen LogP contribution in [-0.4, -0.2) is 4.57 Å². The summed E-state index contributed by atoms with van der Waals surface area (Å²) in [4.78, 5) is 4.01. The molecule has 0 spiro atoms. The van der Waals surface area contributed by atoms with E-state index in [0.717, 1.165) is 0 Å². The standard InChI is InChI=1S/C64H40N2S3/c1-4-14-39(15-5-1)45-32-46(40-16-6-2-7-17-40)34-48(33-45)66-56-29-25-42(38-54(56)64-62(66)50-21-11-13-23-58(50)69-64)44-27-31-60-52(36-44)51-35-43(26-30-59(51)67-60)41-24-28-55-53(37-41)63-61(49-20-10-12-22-57(49)68-63)65(55)47-18-8-3-9-19-47/h1-38,62,64H. The maximum atomic E-state index is 2.64. The number of para-hydroxylation sites is 1. The number of hydrogen-bond donors (Lipinski definition) is 0. The van der Waals surface area contributed by atoms with E-state index in [4.69, 9.17) is 0 Å². The molecule has 2 unspecified atom stereocenters. The molecule has 3 aromatic heterocycles. The molecule has 2 aliphatic heterocycles. The Balaban J connectivity index is 0.844. The fourth-order valence-corrected chi connectivity index (χ4v) is 15.1. The fourth-order valence-electron chi connectivity index (χ4n) is 11.3. The Bertz CT molecular complexity index is 4130. The highest BCUT2D eigenvalue weighted by Gasteiger charge is 2.46. The van der Waals surface area contributed by atoms with Gasteiger partial charge in [0.1, 0.15) is 0 Å². The zero-order valence-electron chi connectivity index (χ0n) is 37.2. The molecule has 2 atom stereocenters. The Labute approximate surface area is 412 Å². The van der Waals surface area contributed by atoms with E-state index in [1.807, 2.05) is 34.4 Å². The second kappa shape index (κ2) is 15.4. The molecule has 0 amide bonds. The van der Waals surface area contributed by atoms with E-state index < -0.39 is 0 Å². The summed E-state index contributed by atoms with van der Waals surface area (Å²) < 4.78 is 7.74. The summed E-state index contributed by atoms with van der Waals surface area (Å²) in [7, 11) is 0. The number of benzene rings is 10. The Morgan fingerprint density at radius 1 is 0.348 bits per heavy atom. The van der Waals surface area contributed by atoms with Gasteiger partial charge in [0.05, 0.1) is 27.0 Å². The lowest BCUT2D eigenvalue weighted by atomic mass is 9.96. The van der Waals surface area contributed by atoms with Crippen molar-refractivity contribution in [3.63, 3.8) is 0 Å². The molecule has 15 rings (SSSR count). The van der Waals surface area contributed by atoms with Gasteiger partial charge in [0.2, 0.25) is 0 Å². The van der Waals surface area contributed by atoms with Crippen molar-refractivity contribution in [3.05, 3.63) is 242 Å². The van der Waals surface area contributed by atoms with Crippen molar-refractivity contribution in [1.82, 2.24) is 4.57 Å². The predicted octanol–water partition coefficient (Wildman–Crippen LogP) is 19.1. The summed E-state index contributed by atoms with van der Waals surface area (Å²) in [6, 6.07) is 86.2. The lowest BCUT2D eigenvalue weighted by Gasteiger charge is -2.29. The quantitative estimate of drug-likeness (QED) is 0.164. The van der Waals surface area contributed by atoms with Crippen molar-refractivity contribution in [2.75, 3.05) is 4.90 Å². The number of aromatic nitrogens is 1. The summed E-state index contributed by atoms with van der Waals surface area (Å²) in [5.74, 6) is 0. The van der Waals surface area contributed by atoms with Crippen LogP contribution < -0.4 is 4.90 Å². The van der Waals surface area contributed by atoms with Crippen LogP contribution in [0.4, 0.5) is 11.4 Å². The van der Waals surface area contributed by atoms with E-state index in [0.29, 0.717) is 0 Å². The minimum atomic E-state index is 0.180. The monoisotopic (exact) mass is 932 g/mol. The molecule has 0 N–H and O–H groups in total. The Hall–Kier alpha value is -7.67. The summed E-state index contributed by atoms with van der Waals surface area (Å²) in [5.41, 5.74) is 18.9. The summed E-state index contributed by atoms with van der Waals surface area (Å²) >= 11 is 5.81. The lowest BCUT2D eigenvalue weighted by Crippen LogP contribution is -2.19. The minimum absolute atomic E-state index is 0.180. The number of thioether (sulfide) groups is 1. The molecule has 2 nitrogen and oxygen atoms in total. The van der Waals surface area contributed by atoms with Crippen molar-refractivity contribution >= 4 is 97.2 Å². The van der Waals surface area contributed by atoms with Gasteiger partial charge in [-0.15, -0.1) is 34.4 Å². The molecule has 69 heavy (non-hydrogen) atoms. The molecule has 0 saturated carbocycles. The zero-order chi connectivity index (χ0) is 45.2. The van der Waals surface area contributed by atoms with Gasteiger partial charge in [-0.1, -0.05) is 140 Å². The third-order valence-electron chi connectivity index (χ3n) is 14.5. The number of fused-ring (bicyclic) bond motifs is 13.